The largest absolute Gasteiger partial charge is 0.497 e. The summed E-state index contributed by atoms with van der Waals surface area (Å²) in [6.45, 7) is 2.05. The maximum absolute atomic E-state index is 5.30. The average Bonchev–Trinajstić information content (AvgIpc) is 2.77. The molecular weight excluding hydrogens is 224 g/mol. The number of fused-ring (bicyclic) bond motifs is 1. The molecule has 18 heavy (non-hydrogen) atoms. The minimum Gasteiger partial charge on any atom is -0.497 e. The highest BCUT2D eigenvalue weighted by Crippen LogP contribution is 2.29. The molecule has 3 rings (SSSR count). The van der Waals surface area contributed by atoms with E-state index in [1.165, 1.54) is 22.5 Å². The fourth-order valence-electron chi connectivity index (χ4n) is 2.68. The van der Waals surface area contributed by atoms with E-state index < -0.39 is 0 Å². The molecular formula is C15H18N2O. The highest BCUT2D eigenvalue weighted by atomic mass is 16.5. The van der Waals surface area contributed by atoms with E-state index in [4.69, 9.17) is 4.74 Å². The van der Waals surface area contributed by atoms with E-state index in [1.807, 2.05) is 12.1 Å². The monoisotopic (exact) mass is 242 g/mol. The van der Waals surface area contributed by atoms with Gasteiger partial charge in [0, 0.05) is 43.5 Å². The molecule has 1 aliphatic rings. The van der Waals surface area contributed by atoms with Gasteiger partial charge < -0.3 is 14.6 Å². The molecule has 0 amide bonds. The number of benzene rings is 1. The van der Waals surface area contributed by atoms with Crippen molar-refractivity contribution in [1.29, 1.82) is 0 Å². The smallest absolute Gasteiger partial charge is 0.119 e. The molecule has 0 unspecified atom stereocenters. The van der Waals surface area contributed by atoms with Crippen LogP contribution >= 0.6 is 0 Å². The quantitative estimate of drug-likeness (QED) is 0.875. The summed E-state index contributed by atoms with van der Waals surface area (Å²) < 4.78 is 7.61. The van der Waals surface area contributed by atoms with E-state index in [0.717, 1.165) is 25.3 Å². The summed E-state index contributed by atoms with van der Waals surface area (Å²) in [5, 5.41) is 3.42. The van der Waals surface area contributed by atoms with Gasteiger partial charge in [-0.15, -0.1) is 0 Å². The predicted octanol–water partition coefficient (Wildman–Crippen LogP) is 2.35. The highest BCUT2D eigenvalue weighted by Gasteiger charge is 2.16. The van der Waals surface area contributed by atoms with Crippen LogP contribution in [0, 0.1) is 0 Å². The van der Waals surface area contributed by atoms with Gasteiger partial charge in [0.25, 0.3) is 0 Å². The highest BCUT2D eigenvalue weighted by molar-refractivity contribution is 5.64. The van der Waals surface area contributed by atoms with Gasteiger partial charge in [0.15, 0.2) is 0 Å². The van der Waals surface area contributed by atoms with Crippen LogP contribution in [0.3, 0.4) is 0 Å². The number of hydrogen-bond donors (Lipinski definition) is 1. The van der Waals surface area contributed by atoms with Crippen molar-refractivity contribution in [1.82, 2.24) is 9.88 Å². The van der Waals surface area contributed by atoms with Crippen molar-refractivity contribution in [2.75, 3.05) is 13.7 Å². The molecule has 3 nitrogen and oxygen atoms in total. The zero-order valence-electron chi connectivity index (χ0n) is 10.9. The summed E-state index contributed by atoms with van der Waals surface area (Å²) >= 11 is 0. The Morgan fingerprint density at radius 3 is 2.94 bits per heavy atom. The zero-order chi connectivity index (χ0) is 12.5. The Hall–Kier alpha value is -1.74. The van der Waals surface area contributed by atoms with E-state index in [0.29, 0.717) is 0 Å². The summed E-state index contributed by atoms with van der Waals surface area (Å²) in [7, 11) is 3.86. The number of methoxy groups -OCH3 is 1. The molecule has 1 N–H and O–H groups in total. The van der Waals surface area contributed by atoms with Crippen LogP contribution in [0.5, 0.6) is 5.75 Å². The molecule has 1 aliphatic heterocycles. The molecule has 0 bridgehead atoms. The summed E-state index contributed by atoms with van der Waals surface area (Å²) in [4.78, 5) is 0. The van der Waals surface area contributed by atoms with Gasteiger partial charge in [-0.2, -0.15) is 0 Å². The maximum atomic E-state index is 5.30. The van der Waals surface area contributed by atoms with Gasteiger partial charge in [-0.05, 0) is 23.8 Å². The molecule has 0 aliphatic carbocycles. The Morgan fingerprint density at radius 1 is 1.28 bits per heavy atom. The first-order chi connectivity index (χ1) is 8.79. The lowest BCUT2D eigenvalue weighted by Crippen LogP contribution is -2.24. The van der Waals surface area contributed by atoms with Crippen LogP contribution in [0.4, 0.5) is 0 Å². The SMILES string of the molecule is COc1cccc(-c2cc3c(n2C)CCNC3)c1. The van der Waals surface area contributed by atoms with Crippen LogP contribution in [0.25, 0.3) is 11.3 Å². The third kappa shape index (κ3) is 1.81. The first kappa shape index (κ1) is 11.4. The van der Waals surface area contributed by atoms with Gasteiger partial charge in [-0.1, -0.05) is 12.1 Å². The molecule has 0 saturated carbocycles. The van der Waals surface area contributed by atoms with E-state index in [2.05, 4.69) is 35.1 Å². The summed E-state index contributed by atoms with van der Waals surface area (Å²) in [6, 6.07) is 10.5. The number of aromatic nitrogens is 1. The van der Waals surface area contributed by atoms with Crippen LogP contribution in [0.15, 0.2) is 30.3 Å². The van der Waals surface area contributed by atoms with Crippen molar-refractivity contribution in [3.05, 3.63) is 41.6 Å². The summed E-state index contributed by atoms with van der Waals surface area (Å²) in [5.74, 6) is 0.907. The number of nitrogens with one attached hydrogen (secondary N) is 1. The van der Waals surface area contributed by atoms with E-state index in [1.54, 1.807) is 7.11 Å². The predicted molar refractivity (Wildman–Crippen MR) is 72.8 cm³/mol. The Labute approximate surface area is 107 Å². The van der Waals surface area contributed by atoms with Crippen LogP contribution in [-0.2, 0) is 20.0 Å². The van der Waals surface area contributed by atoms with E-state index >= 15 is 0 Å². The molecule has 2 aromatic rings. The normalized spacial score (nSPS) is 14.3. The van der Waals surface area contributed by atoms with Gasteiger partial charge in [-0.25, -0.2) is 0 Å². The maximum Gasteiger partial charge on any atom is 0.119 e. The van der Waals surface area contributed by atoms with Gasteiger partial charge in [-0.3, -0.25) is 0 Å². The van der Waals surface area contributed by atoms with Gasteiger partial charge in [0.1, 0.15) is 5.75 Å². The van der Waals surface area contributed by atoms with Crippen LogP contribution < -0.4 is 10.1 Å². The molecule has 0 radical (unpaired) electrons. The van der Waals surface area contributed by atoms with Gasteiger partial charge in [0.05, 0.1) is 7.11 Å². The fourth-order valence-corrected chi connectivity index (χ4v) is 2.68. The van der Waals surface area contributed by atoms with Crippen molar-refractivity contribution < 1.29 is 4.74 Å². The van der Waals surface area contributed by atoms with Crippen LogP contribution in [-0.4, -0.2) is 18.2 Å². The molecule has 2 heterocycles. The van der Waals surface area contributed by atoms with Gasteiger partial charge >= 0.3 is 0 Å². The lowest BCUT2D eigenvalue weighted by Gasteiger charge is -2.15. The second kappa shape index (κ2) is 4.50. The van der Waals surface area contributed by atoms with Crippen LogP contribution in [0.2, 0.25) is 0 Å². The number of hydrogen-bond acceptors (Lipinski definition) is 2. The molecule has 94 valence electrons. The van der Waals surface area contributed by atoms with Crippen LogP contribution in [0.1, 0.15) is 11.3 Å². The van der Waals surface area contributed by atoms with Crippen molar-refractivity contribution >= 4 is 0 Å². The molecule has 1 aromatic carbocycles. The molecule has 0 atom stereocenters. The number of nitrogens with zero attached hydrogens (tertiary/aromatic N) is 1. The Morgan fingerprint density at radius 2 is 2.17 bits per heavy atom. The molecule has 1 aromatic heterocycles. The number of rotatable bonds is 2. The topological polar surface area (TPSA) is 26.2 Å². The third-order valence-corrected chi connectivity index (χ3v) is 3.67. The third-order valence-electron chi connectivity index (χ3n) is 3.67. The molecule has 0 spiro atoms. The molecule has 3 heteroatoms. The first-order valence-corrected chi connectivity index (χ1v) is 6.32. The number of ether oxygens (including phenoxy) is 1. The minimum atomic E-state index is 0.907. The Kier molecular flexibility index (Phi) is 2.84. The fraction of sp³-hybridized carbons (Fsp3) is 0.333. The van der Waals surface area contributed by atoms with E-state index in [9.17, 15) is 0 Å². The van der Waals surface area contributed by atoms with Crippen molar-refractivity contribution in [3.63, 3.8) is 0 Å². The second-order valence-corrected chi connectivity index (χ2v) is 4.72. The lowest BCUT2D eigenvalue weighted by molar-refractivity contribution is 0.415. The second-order valence-electron chi connectivity index (χ2n) is 4.72. The van der Waals surface area contributed by atoms with E-state index in [-0.39, 0.29) is 0 Å². The van der Waals surface area contributed by atoms with Crippen molar-refractivity contribution in [2.45, 2.75) is 13.0 Å². The van der Waals surface area contributed by atoms with Crippen molar-refractivity contribution in [3.8, 4) is 17.0 Å². The molecule has 0 fully saturated rings. The van der Waals surface area contributed by atoms with Gasteiger partial charge in [0.2, 0.25) is 0 Å². The Bertz CT molecular complexity index is 572. The Balaban J connectivity index is 2.08. The minimum absolute atomic E-state index is 0.907. The van der Waals surface area contributed by atoms with Crippen molar-refractivity contribution in [2.24, 2.45) is 7.05 Å². The zero-order valence-corrected chi connectivity index (χ0v) is 10.9. The standard InChI is InChI=1S/C15H18N2O/c1-17-14-6-7-16-10-12(14)9-15(17)11-4-3-5-13(8-11)18-2/h3-5,8-9,16H,6-7,10H2,1-2H3. The first-order valence-electron chi connectivity index (χ1n) is 6.32. The summed E-state index contributed by atoms with van der Waals surface area (Å²) in [6.07, 6.45) is 1.11. The molecule has 0 saturated heterocycles. The summed E-state index contributed by atoms with van der Waals surface area (Å²) in [5.41, 5.74) is 5.35. The average molecular weight is 242 g/mol. The lowest BCUT2D eigenvalue weighted by atomic mass is 10.1.